The second kappa shape index (κ2) is 11.9. The summed E-state index contributed by atoms with van der Waals surface area (Å²) in [5.74, 6) is 2.80. The van der Waals surface area contributed by atoms with Crippen LogP contribution in [0.4, 0.5) is 5.69 Å². The Morgan fingerprint density at radius 1 is 1.19 bits per heavy atom. The first kappa shape index (κ1) is 25.7. The molecule has 32 heavy (non-hydrogen) atoms. The minimum absolute atomic E-state index is 0. The summed E-state index contributed by atoms with van der Waals surface area (Å²) in [5.41, 5.74) is 0.443. The van der Waals surface area contributed by atoms with Crippen molar-refractivity contribution in [3.8, 4) is 11.5 Å². The number of nitrogens with one attached hydrogen (secondary N) is 3. The van der Waals surface area contributed by atoms with E-state index in [1.54, 1.807) is 6.92 Å². The molecule has 176 valence electrons. The first-order chi connectivity index (χ1) is 14.8. The highest BCUT2D eigenvalue weighted by Gasteiger charge is 2.14. The van der Waals surface area contributed by atoms with E-state index in [-0.39, 0.29) is 42.0 Å². The van der Waals surface area contributed by atoms with E-state index in [0.717, 1.165) is 12.1 Å². The van der Waals surface area contributed by atoms with Gasteiger partial charge in [0, 0.05) is 36.7 Å². The Morgan fingerprint density at radius 2 is 1.94 bits per heavy atom. The maximum Gasteiger partial charge on any atom is 0.242 e. The van der Waals surface area contributed by atoms with Crippen molar-refractivity contribution in [1.29, 1.82) is 0 Å². The number of benzene rings is 1. The van der Waals surface area contributed by atoms with Crippen molar-refractivity contribution in [3.63, 3.8) is 0 Å². The quantitative estimate of drug-likeness (QED) is 0.281. The van der Waals surface area contributed by atoms with E-state index in [0.29, 0.717) is 55.4 Å². The van der Waals surface area contributed by atoms with Crippen LogP contribution in [0.5, 0.6) is 11.5 Å². The molecule has 10 nitrogen and oxygen atoms in total. The number of aliphatic imine (C=N–C) groups is 1. The van der Waals surface area contributed by atoms with E-state index in [2.05, 4.69) is 31.1 Å². The zero-order chi connectivity index (χ0) is 22.3. The lowest BCUT2D eigenvalue weighted by molar-refractivity contribution is -0.121. The van der Waals surface area contributed by atoms with Gasteiger partial charge < -0.3 is 29.9 Å². The van der Waals surface area contributed by atoms with E-state index < -0.39 is 0 Å². The molecular weight excluding hydrogens is 527 g/mol. The van der Waals surface area contributed by atoms with Gasteiger partial charge in [0.15, 0.2) is 23.3 Å². The van der Waals surface area contributed by atoms with E-state index in [9.17, 15) is 4.79 Å². The number of aryl methyl sites for hydroxylation is 1. The van der Waals surface area contributed by atoms with Gasteiger partial charge in [-0.1, -0.05) is 5.16 Å². The van der Waals surface area contributed by atoms with Gasteiger partial charge >= 0.3 is 0 Å². The van der Waals surface area contributed by atoms with Crippen LogP contribution in [0.2, 0.25) is 0 Å². The average Bonchev–Trinajstić information content (AvgIpc) is 2.96. The number of halogens is 1. The summed E-state index contributed by atoms with van der Waals surface area (Å²) in [4.78, 5) is 20.8. The van der Waals surface area contributed by atoms with Gasteiger partial charge in [-0.15, -0.1) is 24.0 Å². The molecule has 1 aliphatic heterocycles. The molecule has 1 aliphatic rings. The molecule has 0 fully saturated rings. The average molecular weight is 558 g/mol. The summed E-state index contributed by atoms with van der Waals surface area (Å²) in [6.07, 6.45) is 1.36. The number of carbonyl (C=O) groups excluding carboxylic acids is 1. The number of amides is 1. The van der Waals surface area contributed by atoms with Gasteiger partial charge in [0.05, 0.1) is 13.2 Å². The van der Waals surface area contributed by atoms with Gasteiger partial charge in [-0.2, -0.15) is 4.98 Å². The van der Waals surface area contributed by atoms with Crippen LogP contribution < -0.4 is 25.4 Å². The number of carbonyl (C=O) groups is 1. The van der Waals surface area contributed by atoms with Crippen LogP contribution in [-0.4, -0.2) is 53.8 Å². The van der Waals surface area contributed by atoms with Crippen LogP contribution in [-0.2, 0) is 11.2 Å². The maximum atomic E-state index is 12.2. The van der Waals surface area contributed by atoms with Crippen molar-refractivity contribution in [1.82, 2.24) is 20.8 Å². The molecule has 2 aromatic rings. The number of rotatable bonds is 6. The van der Waals surface area contributed by atoms with E-state index in [1.165, 1.54) is 0 Å². The molecule has 0 spiro atoms. The number of fused-ring (bicyclic) bond motifs is 1. The Labute approximate surface area is 204 Å². The van der Waals surface area contributed by atoms with Crippen LogP contribution in [0.15, 0.2) is 27.7 Å². The second-order valence-electron chi connectivity index (χ2n) is 8.21. The van der Waals surface area contributed by atoms with Crippen LogP contribution in [0.25, 0.3) is 0 Å². The highest BCUT2D eigenvalue weighted by molar-refractivity contribution is 14.0. The van der Waals surface area contributed by atoms with Gasteiger partial charge in [0.25, 0.3) is 0 Å². The number of hydrogen-bond acceptors (Lipinski definition) is 7. The lowest BCUT2D eigenvalue weighted by atomic mass is 10.1. The Balaban J connectivity index is 0.00000363. The second-order valence-corrected chi connectivity index (χ2v) is 8.21. The highest BCUT2D eigenvalue weighted by atomic mass is 127. The summed E-state index contributed by atoms with van der Waals surface area (Å²) >= 11 is 0. The standard InChI is InChI=1S/C21H30N6O4.HI/c1-14-24-19(31-27-14)8-9-22-20(23-13-18(28)26-21(2,3)4)25-15-6-7-16-17(12-15)30-11-5-10-29-16;/h6-7,12H,5,8-11,13H2,1-4H3,(H,26,28)(H2,22,23,25);1H. The molecule has 0 saturated carbocycles. The Hall–Kier alpha value is -2.57. The van der Waals surface area contributed by atoms with Crippen LogP contribution in [0, 0.1) is 6.92 Å². The summed E-state index contributed by atoms with van der Waals surface area (Å²) in [5, 5.41) is 13.1. The molecule has 0 bridgehead atoms. The number of nitrogens with zero attached hydrogens (tertiary/aromatic N) is 3. The molecule has 0 atom stereocenters. The van der Waals surface area contributed by atoms with Crippen molar-refractivity contribution < 1.29 is 18.8 Å². The molecule has 2 heterocycles. The summed E-state index contributed by atoms with van der Waals surface area (Å²) in [6, 6.07) is 5.59. The summed E-state index contributed by atoms with van der Waals surface area (Å²) < 4.78 is 16.6. The zero-order valence-corrected chi connectivity index (χ0v) is 21.2. The number of ether oxygens (including phenoxy) is 2. The minimum atomic E-state index is -0.322. The topological polar surface area (TPSA) is 123 Å². The molecule has 1 aromatic carbocycles. The number of guanidine groups is 1. The molecule has 0 unspecified atom stereocenters. The maximum absolute atomic E-state index is 12.2. The lowest BCUT2D eigenvalue weighted by Gasteiger charge is -2.20. The zero-order valence-electron chi connectivity index (χ0n) is 18.9. The van der Waals surface area contributed by atoms with Crippen LogP contribution >= 0.6 is 24.0 Å². The van der Waals surface area contributed by atoms with E-state index >= 15 is 0 Å². The summed E-state index contributed by atoms with van der Waals surface area (Å²) in [6.45, 7) is 9.27. The fraction of sp³-hybridized carbons (Fsp3) is 0.524. The van der Waals surface area contributed by atoms with Gasteiger partial charge in [-0.05, 0) is 39.8 Å². The molecule has 0 radical (unpaired) electrons. The Morgan fingerprint density at radius 3 is 2.62 bits per heavy atom. The third-order valence-corrected chi connectivity index (χ3v) is 4.11. The molecule has 1 aromatic heterocycles. The van der Waals surface area contributed by atoms with Crippen molar-refractivity contribution in [3.05, 3.63) is 29.9 Å². The minimum Gasteiger partial charge on any atom is -0.490 e. The molecule has 0 saturated heterocycles. The fourth-order valence-corrected chi connectivity index (χ4v) is 2.86. The van der Waals surface area contributed by atoms with Crippen LogP contribution in [0.1, 0.15) is 38.9 Å². The molecule has 0 aliphatic carbocycles. The SMILES string of the molecule is Cc1noc(CCNC(=NCC(=O)NC(C)(C)C)Nc2ccc3c(c2)OCCCO3)n1.I. The Kier molecular flexibility index (Phi) is 9.54. The largest absolute Gasteiger partial charge is 0.490 e. The molecule has 1 amide bonds. The Bertz CT molecular complexity index is 925. The molecular formula is C21H31IN6O4. The predicted octanol–water partition coefficient (Wildman–Crippen LogP) is 2.67. The van der Waals surface area contributed by atoms with E-state index in [1.807, 2.05) is 39.0 Å². The monoisotopic (exact) mass is 558 g/mol. The number of aromatic nitrogens is 2. The van der Waals surface area contributed by atoms with Crippen molar-refractivity contribution in [2.75, 3.05) is 31.6 Å². The first-order valence-corrected chi connectivity index (χ1v) is 10.3. The number of hydrogen-bond donors (Lipinski definition) is 3. The van der Waals surface area contributed by atoms with Gasteiger partial charge in [-0.3, -0.25) is 4.79 Å². The number of anilines is 1. The lowest BCUT2D eigenvalue weighted by Crippen LogP contribution is -2.42. The van der Waals surface area contributed by atoms with Crippen LogP contribution in [0.3, 0.4) is 0 Å². The van der Waals surface area contributed by atoms with E-state index in [4.69, 9.17) is 14.0 Å². The molecule has 11 heteroatoms. The fourth-order valence-electron chi connectivity index (χ4n) is 2.86. The third kappa shape index (κ3) is 8.52. The van der Waals surface area contributed by atoms with Gasteiger partial charge in [0.2, 0.25) is 11.8 Å². The molecule has 3 rings (SSSR count). The predicted molar refractivity (Wildman–Crippen MR) is 132 cm³/mol. The third-order valence-electron chi connectivity index (χ3n) is 4.11. The first-order valence-electron chi connectivity index (χ1n) is 10.3. The van der Waals surface area contributed by atoms with Crippen molar-refractivity contribution >= 4 is 41.5 Å². The molecule has 3 N–H and O–H groups in total. The van der Waals surface area contributed by atoms with Crippen molar-refractivity contribution in [2.45, 2.75) is 46.1 Å². The van der Waals surface area contributed by atoms with Gasteiger partial charge in [0.1, 0.15) is 6.54 Å². The highest BCUT2D eigenvalue weighted by Crippen LogP contribution is 2.32. The van der Waals surface area contributed by atoms with Crippen molar-refractivity contribution in [2.24, 2.45) is 4.99 Å². The summed E-state index contributed by atoms with van der Waals surface area (Å²) in [7, 11) is 0. The normalized spacial score (nSPS) is 13.6. The van der Waals surface area contributed by atoms with Gasteiger partial charge in [-0.25, -0.2) is 4.99 Å². The smallest absolute Gasteiger partial charge is 0.242 e.